The Morgan fingerprint density at radius 1 is 1.09 bits per heavy atom. The maximum Gasteiger partial charge on any atom is 0.163 e. The molecule has 2 heteroatoms. The highest BCUT2D eigenvalue weighted by atomic mass is 16.1. The van der Waals surface area contributed by atoms with Crippen molar-refractivity contribution < 1.29 is 4.79 Å². The van der Waals surface area contributed by atoms with Gasteiger partial charge in [0.1, 0.15) is 0 Å². The van der Waals surface area contributed by atoms with Gasteiger partial charge in [-0.3, -0.25) is 4.79 Å². The average molecular weight is 320 g/mol. The van der Waals surface area contributed by atoms with Crippen LogP contribution in [-0.4, -0.2) is 23.8 Å². The summed E-state index contributed by atoms with van der Waals surface area (Å²) in [5.41, 5.74) is 2.21. The number of ketones is 1. The lowest BCUT2D eigenvalue weighted by molar-refractivity contribution is -0.123. The number of hydrogen-bond acceptors (Lipinski definition) is 2. The van der Waals surface area contributed by atoms with Crippen LogP contribution >= 0.6 is 0 Å². The zero-order valence-electron chi connectivity index (χ0n) is 16.6. The maximum atomic E-state index is 13.0. The van der Waals surface area contributed by atoms with Gasteiger partial charge in [-0.15, -0.1) is 0 Å². The summed E-state index contributed by atoms with van der Waals surface area (Å²) in [6, 6.07) is 0. The minimum Gasteiger partial charge on any atom is -0.377 e. The molecule has 0 aromatic rings. The molecule has 0 N–H and O–H groups in total. The van der Waals surface area contributed by atoms with Crippen LogP contribution in [0.1, 0.15) is 74.7 Å². The Morgan fingerprint density at radius 3 is 2.00 bits per heavy atom. The summed E-state index contributed by atoms with van der Waals surface area (Å²) in [4.78, 5) is 15.4. The van der Waals surface area contributed by atoms with Crippen LogP contribution in [0, 0.1) is 16.7 Å². The summed E-state index contributed by atoms with van der Waals surface area (Å²) in [5, 5.41) is 0. The van der Waals surface area contributed by atoms with Gasteiger partial charge in [-0.05, 0) is 35.7 Å². The van der Waals surface area contributed by atoms with Crippen molar-refractivity contribution in [3.63, 3.8) is 0 Å². The Balaban J connectivity index is 3.25. The quantitative estimate of drug-likeness (QED) is 0.657. The van der Waals surface area contributed by atoms with E-state index in [1.54, 1.807) is 0 Å². The molecule has 0 aromatic heterocycles. The average Bonchev–Trinajstić information content (AvgIpc) is 2.38. The summed E-state index contributed by atoms with van der Waals surface area (Å²) in [7, 11) is 0. The third-order valence-corrected chi connectivity index (χ3v) is 4.57. The van der Waals surface area contributed by atoms with E-state index in [2.05, 4.69) is 72.6 Å². The van der Waals surface area contributed by atoms with Crippen molar-refractivity contribution in [3.8, 4) is 0 Å². The molecule has 132 valence electrons. The van der Waals surface area contributed by atoms with E-state index in [1.165, 1.54) is 5.57 Å². The van der Waals surface area contributed by atoms with Gasteiger partial charge in [0.25, 0.3) is 0 Å². The van der Waals surface area contributed by atoms with Crippen LogP contribution in [0.15, 0.2) is 23.4 Å². The first kappa shape index (κ1) is 20.0. The van der Waals surface area contributed by atoms with E-state index in [9.17, 15) is 4.79 Å². The van der Waals surface area contributed by atoms with Gasteiger partial charge in [0.05, 0.1) is 0 Å². The highest BCUT2D eigenvalue weighted by Gasteiger charge is 2.39. The predicted octanol–water partition coefficient (Wildman–Crippen LogP) is 5.60. The molecular weight excluding hydrogens is 282 g/mol. The fourth-order valence-electron chi connectivity index (χ4n) is 3.26. The van der Waals surface area contributed by atoms with Gasteiger partial charge < -0.3 is 4.90 Å². The molecule has 23 heavy (non-hydrogen) atoms. The Labute approximate surface area is 144 Å². The highest BCUT2D eigenvalue weighted by molar-refractivity contribution is 6.00. The van der Waals surface area contributed by atoms with Crippen LogP contribution in [0.4, 0.5) is 0 Å². The smallest absolute Gasteiger partial charge is 0.163 e. The Kier molecular flexibility index (Phi) is 6.68. The molecule has 1 rings (SSSR count). The SMILES string of the molecule is CCCN(C=C1C=C(C(C)(C)C)C(=O)C(C(C)(C)C)C1)CCC. The molecule has 2 nitrogen and oxygen atoms in total. The lowest BCUT2D eigenvalue weighted by Gasteiger charge is -2.37. The van der Waals surface area contributed by atoms with E-state index < -0.39 is 0 Å². The fraction of sp³-hybridized carbons (Fsp3) is 0.762. The molecular formula is C21H37NO. The molecule has 0 aliphatic heterocycles. The molecule has 1 aliphatic rings. The van der Waals surface area contributed by atoms with Crippen LogP contribution in [0.2, 0.25) is 0 Å². The minimum absolute atomic E-state index is 0.00127. The van der Waals surface area contributed by atoms with E-state index in [1.807, 2.05) is 0 Å². The number of hydrogen-bond donors (Lipinski definition) is 0. The van der Waals surface area contributed by atoms with E-state index in [0.717, 1.165) is 37.9 Å². The molecule has 1 aliphatic carbocycles. The van der Waals surface area contributed by atoms with Gasteiger partial charge in [-0.1, -0.05) is 61.5 Å². The number of carbonyl (C=O) groups is 1. The van der Waals surface area contributed by atoms with E-state index in [0.29, 0.717) is 5.78 Å². The summed E-state index contributed by atoms with van der Waals surface area (Å²) >= 11 is 0. The molecule has 0 aromatic carbocycles. The number of nitrogens with zero attached hydrogens (tertiary/aromatic N) is 1. The summed E-state index contributed by atoms with van der Waals surface area (Å²) in [6.45, 7) is 19.6. The van der Waals surface area contributed by atoms with Crippen molar-refractivity contribution in [2.45, 2.75) is 74.7 Å². The monoisotopic (exact) mass is 319 g/mol. The molecule has 0 fully saturated rings. The lowest BCUT2D eigenvalue weighted by Crippen LogP contribution is -2.36. The van der Waals surface area contributed by atoms with Gasteiger partial charge in [0.15, 0.2) is 5.78 Å². The van der Waals surface area contributed by atoms with Crippen molar-refractivity contribution in [3.05, 3.63) is 23.4 Å². The van der Waals surface area contributed by atoms with Crippen molar-refractivity contribution >= 4 is 5.78 Å². The topological polar surface area (TPSA) is 20.3 Å². The second-order valence-corrected chi connectivity index (χ2v) is 9.03. The normalized spacial score (nSPS) is 21.6. The van der Waals surface area contributed by atoms with Crippen LogP contribution in [0.25, 0.3) is 0 Å². The van der Waals surface area contributed by atoms with Gasteiger partial charge >= 0.3 is 0 Å². The zero-order chi connectivity index (χ0) is 17.8. The molecule has 0 bridgehead atoms. The van der Waals surface area contributed by atoms with Gasteiger partial charge in [-0.2, -0.15) is 0 Å². The van der Waals surface area contributed by atoms with Gasteiger partial charge in [0.2, 0.25) is 0 Å². The number of allylic oxidation sites excluding steroid dienone is 3. The molecule has 0 radical (unpaired) electrons. The third-order valence-electron chi connectivity index (χ3n) is 4.57. The molecule has 1 unspecified atom stereocenters. The first-order valence-electron chi connectivity index (χ1n) is 9.21. The van der Waals surface area contributed by atoms with Crippen molar-refractivity contribution in [2.75, 3.05) is 13.1 Å². The summed E-state index contributed by atoms with van der Waals surface area (Å²) in [5.74, 6) is 0.428. The number of carbonyl (C=O) groups excluding carboxylic acids is 1. The van der Waals surface area contributed by atoms with Crippen molar-refractivity contribution in [1.82, 2.24) is 4.90 Å². The van der Waals surface area contributed by atoms with Gasteiger partial charge in [0, 0.05) is 30.8 Å². The Bertz CT molecular complexity index is 465. The second kappa shape index (κ2) is 7.68. The molecule has 0 amide bonds. The summed E-state index contributed by atoms with van der Waals surface area (Å²) < 4.78 is 0. The molecule has 0 heterocycles. The standard InChI is InChI=1S/C21H37NO/c1-9-11-22(12-10-2)15-16-13-17(20(3,4)5)19(23)18(14-16)21(6,7)8/h13,15,18H,9-12,14H2,1-8H3. The molecule has 0 saturated heterocycles. The maximum absolute atomic E-state index is 13.0. The number of rotatable bonds is 5. The summed E-state index contributed by atoms with van der Waals surface area (Å²) in [6.07, 6.45) is 7.65. The third kappa shape index (κ3) is 5.51. The minimum atomic E-state index is -0.0968. The first-order valence-corrected chi connectivity index (χ1v) is 9.21. The molecule has 1 atom stereocenters. The Hall–Kier alpha value is -1.05. The predicted molar refractivity (Wildman–Crippen MR) is 100 cm³/mol. The fourth-order valence-corrected chi connectivity index (χ4v) is 3.26. The second-order valence-electron chi connectivity index (χ2n) is 9.03. The van der Waals surface area contributed by atoms with E-state index in [-0.39, 0.29) is 16.7 Å². The van der Waals surface area contributed by atoms with Crippen LogP contribution < -0.4 is 0 Å². The molecule has 0 spiro atoms. The van der Waals surface area contributed by atoms with Crippen LogP contribution in [0.5, 0.6) is 0 Å². The first-order chi connectivity index (χ1) is 10.5. The van der Waals surface area contributed by atoms with Crippen LogP contribution in [-0.2, 0) is 4.79 Å². The van der Waals surface area contributed by atoms with E-state index in [4.69, 9.17) is 0 Å². The van der Waals surface area contributed by atoms with Gasteiger partial charge in [-0.25, -0.2) is 0 Å². The largest absolute Gasteiger partial charge is 0.377 e. The van der Waals surface area contributed by atoms with Crippen LogP contribution in [0.3, 0.4) is 0 Å². The highest BCUT2D eigenvalue weighted by Crippen LogP contribution is 2.42. The van der Waals surface area contributed by atoms with E-state index >= 15 is 0 Å². The lowest BCUT2D eigenvalue weighted by atomic mass is 9.66. The number of Topliss-reactive ketones (excluding diaryl/α,β-unsaturated/α-hetero) is 1. The zero-order valence-corrected chi connectivity index (χ0v) is 16.6. The molecule has 0 saturated carbocycles. The Morgan fingerprint density at radius 2 is 1.61 bits per heavy atom. The van der Waals surface area contributed by atoms with Crippen molar-refractivity contribution in [1.29, 1.82) is 0 Å². The van der Waals surface area contributed by atoms with Crippen molar-refractivity contribution in [2.24, 2.45) is 16.7 Å².